The van der Waals surface area contributed by atoms with Crippen LogP contribution in [0.1, 0.15) is 42.4 Å². The second kappa shape index (κ2) is 7.06. The van der Waals surface area contributed by atoms with Crippen LogP contribution in [0.5, 0.6) is 5.75 Å². The van der Waals surface area contributed by atoms with Gasteiger partial charge in [0.1, 0.15) is 5.75 Å². The minimum Gasteiger partial charge on any atom is -0.497 e. The van der Waals surface area contributed by atoms with Crippen molar-refractivity contribution in [2.45, 2.75) is 38.5 Å². The van der Waals surface area contributed by atoms with Gasteiger partial charge in [0, 0.05) is 18.7 Å². The van der Waals surface area contributed by atoms with Crippen LogP contribution in [0.2, 0.25) is 0 Å². The fourth-order valence-electron chi connectivity index (χ4n) is 4.04. The van der Waals surface area contributed by atoms with Gasteiger partial charge < -0.3 is 15.0 Å². The largest absolute Gasteiger partial charge is 0.497 e. The van der Waals surface area contributed by atoms with Crippen LogP contribution in [0.4, 0.5) is 11.4 Å². The van der Waals surface area contributed by atoms with Crippen LogP contribution in [-0.4, -0.2) is 25.5 Å². The molecule has 0 radical (unpaired) electrons. The normalized spacial score (nSPS) is 17.6. The molecule has 0 saturated carbocycles. The molecule has 5 nitrogen and oxygen atoms in total. The molecular weight excluding hydrogens is 340 g/mol. The number of hydrogen-bond donors (Lipinski definition) is 1. The van der Waals surface area contributed by atoms with Gasteiger partial charge in [-0.05, 0) is 67.1 Å². The first-order valence-corrected chi connectivity index (χ1v) is 9.48. The maximum atomic E-state index is 12.4. The van der Waals surface area contributed by atoms with E-state index in [1.54, 1.807) is 7.11 Å². The average Bonchev–Trinajstić information content (AvgIpc) is 2.93. The molecule has 0 aromatic heterocycles. The monoisotopic (exact) mass is 364 g/mol. The van der Waals surface area contributed by atoms with Crippen molar-refractivity contribution in [3.63, 3.8) is 0 Å². The van der Waals surface area contributed by atoms with Crippen LogP contribution in [0, 0.1) is 0 Å². The Kier molecular flexibility index (Phi) is 4.60. The van der Waals surface area contributed by atoms with Gasteiger partial charge in [0.05, 0.1) is 18.7 Å². The Morgan fingerprint density at radius 1 is 1.26 bits per heavy atom. The number of nitrogens with zero attached hydrogens (tertiary/aromatic N) is 1. The van der Waals surface area contributed by atoms with E-state index in [1.807, 2.05) is 48.2 Å². The van der Waals surface area contributed by atoms with Crippen molar-refractivity contribution < 1.29 is 14.3 Å². The summed E-state index contributed by atoms with van der Waals surface area (Å²) in [7, 11) is 1.64. The Morgan fingerprint density at radius 3 is 2.78 bits per heavy atom. The molecule has 2 heterocycles. The van der Waals surface area contributed by atoms with Crippen molar-refractivity contribution in [2.24, 2.45) is 0 Å². The molecule has 0 aliphatic carbocycles. The summed E-state index contributed by atoms with van der Waals surface area (Å²) in [5.74, 6) is 0.845. The molecule has 4 rings (SSSR count). The van der Waals surface area contributed by atoms with Gasteiger partial charge in [-0.1, -0.05) is 12.1 Å². The van der Waals surface area contributed by atoms with Gasteiger partial charge in [0.2, 0.25) is 11.8 Å². The summed E-state index contributed by atoms with van der Waals surface area (Å²) >= 11 is 0. The molecule has 5 heteroatoms. The summed E-state index contributed by atoms with van der Waals surface area (Å²) in [6, 6.07) is 11.8. The van der Waals surface area contributed by atoms with Crippen LogP contribution < -0.4 is 15.0 Å². The molecule has 2 amide bonds. The number of hydrogen-bond acceptors (Lipinski definition) is 3. The fourth-order valence-corrected chi connectivity index (χ4v) is 4.04. The molecular formula is C22H24N2O3. The number of carbonyl (C=O) groups is 2. The van der Waals surface area contributed by atoms with Crippen LogP contribution in [0.25, 0.3) is 0 Å². The van der Waals surface area contributed by atoms with Crippen molar-refractivity contribution in [1.82, 2.24) is 0 Å². The predicted octanol–water partition coefficient (Wildman–Crippen LogP) is 3.66. The fraction of sp³-hybridized carbons (Fsp3) is 0.364. The van der Waals surface area contributed by atoms with Crippen LogP contribution in [0.15, 0.2) is 36.4 Å². The van der Waals surface area contributed by atoms with Crippen molar-refractivity contribution in [2.75, 3.05) is 23.9 Å². The van der Waals surface area contributed by atoms with E-state index < -0.39 is 0 Å². The van der Waals surface area contributed by atoms with Gasteiger partial charge in [0.15, 0.2) is 0 Å². The summed E-state index contributed by atoms with van der Waals surface area (Å²) in [5, 5.41) is 3.02. The van der Waals surface area contributed by atoms with E-state index >= 15 is 0 Å². The summed E-state index contributed by atoms with van der Waals surface area (Å²) in [6.07, 6.45) is 3.02. The maximum Gasteiger partial charge on any atom is 0.234 e. The smallest absolute Gasteiger partial charge is 0.234 e. The number of carbonyl (C=O) groups excluding carboxylic acids is 2. The van der Waals surface area contributed by atoms with Gasteiger partial charge in [-0.2, -0.15) is 0 Å². The minimum atomic E-state index is -0.131. The molecule has 2 aromatic rings. The van der Waals surface area contributed by atoms with E-state index in [4.69, 9.17) is 4.74 Å². The first kappa shape index (κ1) is 17.6. The third-order valence-electron chi connectivity index (χ3n) is 5.50. The highest BCUT2D eigenvalue weighted by molar-refractivity contribution is 6.06. The second-order valence-electron chi connectivity index (χ2n) is 7.28. The number of methoxy groups -OCH3 is 1. The van der Waals surface area contributed by atoms with Crippen LogP contribution in [-0.2, 0) is 22.4 Å². The molecule has 2 aliphatic rings. The Morgan fingerprint density at radius 2 is 2.04 bits per heavy atom. The quantitative estimate of drug-likeness (QED) is 0.881. The van der Waals surface area contributed by atoms with E-state index in [-0.39, 0.29) is 17.7 Å². The zero-order valence-corrected chi connectivity index (χ0v) is 15.7. The number of nitrogens with one attached hydrogen (secondary N) is 1. The summed E-state index contributed by atoms with van der Waals surface area (Å²) in [4.78, 5) is 26.8. The van der Waals surface area contributed by atoms with Crippen molar-refractivity contribution in [3.8, 4) is 5.75 Å². The minimum absolute atomic E-state index is 0.0115. The zero-order valence-electron chi connectivity index (χ0n) is 15.7. The van der Waals surface area contributed by atoms with Gasteiger partial charge in [-0.3, -0.25) is 9.59 Å². The third-order valence-corrected chi connectivity index (χ3v) is 5.50. The highest BCUT2D eigenvalue weighted by Gasteiger charge is 2.37. The SMILES string of the molecule is COc1ccc(CCC(=O)Nc2cc3c4c(c2)[C@H](C)C(=O)N4CCC3)cc1. The highest BCUT2D eigenvalue weighted by atomic mass is 16.5. The lowest BCUT2D eigenvalue weighted by molar-refractivity contribution is -0.119. The molecule has 0 fully saturated rings. The Labute approximate surface area is 159 Å². The number of benzene rings is 2. The average molecular weight is 364 g/mol. The molecule has 27 heavy (non-hydrogen) atoms. The number of rotatable bonds is 5. The number of aryl methyl sites for hydroxylation is 2. The Hall–Kier alpha value is -2.82. The van der Waals surface area contributed by atoms with Gasteiger partial charge in [-0.15, -0.1) is 0 Å². The lowest BCUT2D eigenvalue weighted by atomic mass is 9.96. The first-order valence-electron chi connectivity index (χ1n) is 9.48. The molecule has 2 aliphatic heterocycles. The van der Waals surface area contributed by atoms with E-state index in [9.17, 15) is 9.59 Å². The number of anilines is 2. The standard InChI is InChI=1S/C22H24N2O3/c1-14-19-13-17(12-16-4-3-11-24(21(16)19)22(14)26)23-20(25)10-7-15-5-8-18(27-2)9-6-15/h5-6,8-9,12-14H,3-4,7,10-11H2,1-2H3,(H,23,25)/t14-/m0/s1. The maximum absolute atomic E-state index is 12.4. The second-order valence-corrected chi connectivity index (χ2v) is 7.28. The molecule has 2 aromatic carbocycles. The van der Waals surface area contributed by atoms with Gasteiger partial charge in [-0.25, -0.2) is 0 Å². The van der Waals surface area contributed by atoms with E-state index in [0.717, 1.165) is 47.6 Å². The van der Waals surface area contributed by atoms with Gasteiger partial charge >= 0.3 is 0 Å². The summed E-state index contributed by atoms with van der Waals surface area (Å²) in [6.45, 7) is 2.75. The number of amides is 2. The Balaban J connectivity index is 1.45. The van der Waals surface area contributed by atoms with Crippen LogP contribution >= 0.6 is 0 Å². The lowest BCUT2D eigenvalue weighted by Gasteiger charge is -2.26. The van der Waals surface area contributed by atoms with Crippen LogP contribution in [0.3, 0.4) is 0 Å². The van der Waals surface area contributed by atoms with Crippen molar-refractivity contribution in [1.29, 1.82) is 0 Å². The van der Waals surface area contributed by atoms with E-state index in [1.165, 1.54) is 5.56 Å². The third kappa shape index (κ3) is 3.29. The number of ether oxygens (including phenoxy) is 1. The van der Waals surface area contributed by atoms with Crippen molar-refractivity contribution in [3.05, 3.63) is 53.1 Å². The Bertz CT molecular complexity index is 889. The molecule has 140 valence electrons. The zero-order chi connectivity index (χ0) is 19.0. The molecule has 0 unspecified atom stereocenters. The lowest BCUT2D eigenvalue weighted by Crippen LogP contribution is -2.32. The summed E-state index contributed by atoms with van der Waals surface area (Å²) in [5.41, 5.74) is 5.19. The molecule has 1 atom stereocenters. The molecule has 0 saturated heterocycles. The first-order chi connectivity index (χ1) is 13.1. The molecule has 0 spiro atoms. The topological polar surface area (TPSA) is 58.6 Å². The summed E-state index contributed by atoms with van der Waals surface area (Å²) < 4.78 is 5.15. The van der Waals surface area contributed by atoms with Crippen molar-refractivity contribution >= 4 is 23.2 Å². The molecule has 1 N–H and O–H groups in total. The van der Waals surface area contributed by atoms with E-state index in [0.29, 0.717) is 12.8 Å². The predicted molar refractivity (Wildman–Crippen MR) is 105 cm³/mol. The highest BCUT2D eigenvalue weighted by Crippen LogP contribution is 2.44. The van der Waals surface area contributed by atoms with E-state index in [2.05, 4.69) is 5.32 Å². The van der Waals surface area contributed by atoms with Gasteiger partial charge in [0.25, 0.3) is 0 Å². The molecule has 0 bridgehead atoms.